The smallest absolute Gasteiger partial charge is 0.253 e. The van der Waals surface area contributed by atoms with Crippen LogP contribution in [-0.2, 0) is 4.79 Å². The number of aromatic nitrogens is 1. The van der Waals surface area contributed by atoms with Crippen LogP contribution in [0, 0.1) is 5.92 Å². The molecule has 0 saturated carbocycles. The molecule has 0 spiro atoms. The number of likely N-dealkylation sites (tertiary alicyclic amines) is 1. The third kappa shape index (κ3) is 4.25. The first-order chi connectivity index (χ1) is 13.7. The molecule has 2 aliphatic heterocycles. The quantitative estimate of drug-likeness (QED) is 0.827. The average Bonchev–Trinajstić information content (AvgIpc) is 3.46. The molecule has 0 radical (unpaired) electrons. The van der Waals surface area contributed by atoms with Crippen molar-refractivity contribution in [3.8, 4) is 11.3 Å². The lowest BCUT2D eigenvalue weighted by atomic mass is 9.97. The number of hydrogen-bond donors (Lipinski definition) is 2. The number of carbonyl (C=O) groups is 2. The van der Waals surface area contributed by atoms with Crippen molar-refractivity contribution in [1.82, 2.24) is 20.5 Å². The van der Waals surface area contributed by atoms with Crippen molar-refractivity contribution in [2.75, 3.05) is 26.2 Å². The molecule has 148 valence electrons. The summed E-state index contributed by atoms with van der Waals surface area (Å²) in [6, 6.07) is 7.37. The lowest BCUT2D eigenvalue weighted by Gasteiger charge is -2.33. The molecule has 2 amide bonds. The predicted octanol–water partition coefficient (Wildman–Crippen LogP) is 2.06. The van der Waals surface area contributed by atoms with Gasteiger partial charge in [0.05, 0.1) is 12.2 Å². The lowest BCUT2D eigenvalue weighted by Crippen LogP contribution is -2.46. The molecule has 28 heavy (non-hydrogen) atoms. The molecule has 7 heteroatoms. The summed E-state index contributed by atoms with van der Waals surface area (Å²) < 4.78 is 5.29. The van der Waals surface area contributed by atoms with Crippen LogP contribution in [0.25, 0.3) is 11.3 Å². The Morgan fingerprint density at radius 3 is 2.79 bits per heavy atom. The zero-order chi connectivity index (χ0) is 19.3. The monoisotopic (exact) mass is 382 g/mol. The van der Waals surface area contributed by atoms with Crippen molar-refractivity contribution in [2.24, 2.45) is 5.92 Å². The maximum atomic E-state index is 12.9. The third-order valence-corrected chi connectivity index (χ3v) is 5.60. The van der Waals surface area contributed by atoms with Crippen molar-refractivity contribution >= 4 is 11.8 Å². The zero-order valence-electron chi connectivity index (χ0n) is 15.9. The van der Waals surface area contributed by atoms with Gasteiger partial charge in [-0.3, -0.25) is 9.59 Å². The molecule has 2 atom stereocenters. The van der Waals surface area contributed by atoms with E-state index < -0.39 is 0 Å². The van der Waals surface area contributed by atoms with E-state index in [2.05, 4.69) is 15.6 Å². The van der Waals surface area contributed by atoms with Gasteiger partial charge in [-0.2, -0.15) is 0 Å². The fraction of sp³-hybridized carbons (Fsp3) is 0.476. The molecule has 2 unspecified atom stereocenters. The largest absolute Gasteiger partial charge is 0.444 e. The minimum absolute atomic E-state index is 0.0395. The molecule has 1 aromatic heterocycles. The standard InChI is InChI=1S/C21H26N4O3/c26-20(18-4-1-9-23-18)24-11-15-3-2-10-25(13-15)21(27)17-7-5-16(6-8-17)19-12-22-14-28-19/h5-8,12,14-15,18,23H,1-4,9-11,13H2,(H,24,26). The van der Waals surface area contributed by atoms with Crippen LogP contribution >= 0.6 is 0 Å². The summed E-state index contributed by atoms with van der Waals surface area (Å²) >= 11 is 0. The van der Waals surface area contributed by atoms with Crippen LogP contribution in [0.15, 0.2) is 41.3 Å². The van der Waals surface area contributed by atoms with Gasteiger partial charge < -0.3 is 20.0 Å². The minimum atomic E-state index is -0.0517. The number of rotatable bonds is 5. The Morgan fingerprint density at radius 2 is 2.07 bits per heavy atom. The van der Waals surface area contributed by atoms with Gasteiger partial charge in [0.25, 0.3) is 5.91 Å². The zero-order valence-corrected chi connectivity index (χ0v) is 15.9. The van der Waals surface area contributed by atoms with Crippen LogP contribution in [0.3, 0.4) is 0 Å². The second-order valence-corrected chi connectivity index (χ2v) is 7.60. The second-order valence-electron chi connectivity index (χ2n) is 7.60. The molecule has 2 N–H and O–H groups in total. The van der Waals surface area contributed by atoms with Gasteiger partial charge in [0.2, 0.25) is 5.91 Å². The Hall–Kier alpha value is -2.67. The van der Waals surface area contributed by atoms with Crippen molar-refractivity contribution in [1.29, 1.82) is 0 Å². The molecule has 0 aliphatic carbocycles. The topological polar surface area (TPSA) is 87.5 Å². The second kappa shape index (κ2) is 8.56. The number of benzene rings is 1. The molecule has 2 fully saturated rings. The van der Waals surface area contributed by atoms with E-state index in [4.69, 9.17) is 4.42 Å². The van der Waals surface area contributed by atoms with Crippen LogP contribution in [0.5, 0.6) is 0 Å². The molecule has 7 nitrogen and oxygen atoms in total. The van der Waals surface area contributed by atoms with E-state index in [-0.39, 0.29) is 17.9 Å². The van der Waals surface area contributed by atoms with Crippen molar-refractivity contribution in [3.63, 3.8) is 0 Å². The van der Waals surface area contributed by atoms with Gasteiger partial charge in [-0.1, -0.05) is 12.1 Å². The van der Waals surface area contributed by atoms with Gasteiger partial charge in [0.1, 0.15) is 0 Å². The molecule has 2 saturated heterocycles. The summed E-state index contributed by atoms with van der Waals surface area (Å²) in [6.07, 6.45) is 7.01. The number of nitrogens with one attached hydrogen (secondary N) is 2. The highest BCUT2D eigenvalue weighted by molar-refractivity contribution is 5.94. The highest BCUT2D eigenvalue weighted by atomic mass is 16.3. The Morgan fingerprint density at radius 1 is 1.21 bits per heavy atom. The van der Waals surface area contributed by atoms with Crippen LogP contribution in [0.4, 0.5) is 0 Å². The lowest BCUT2D eigenvalue weighted by molar-refractivity contribution is -0.123. The normalized spacial score (nSPS) is 22.2. The summed E-state index contributed by atoms with van der Waals surface area (Å²) in [5.74, 6) is 1.11. The van der Waals surface area contributed by atoms with Crippen LogP contribution in [-0.4, -0.2) is 53.9 Å². The fourth-order valence-corrected chi connectivity index (χ4v) is 4.01. The molecule has 4 rings (SSSR count). The summed E-state index contributed by atoms with van der Waals surface area (Å²) in [5.41, 5.74) is 1.57. The van der Waals surface area contributed by atoms with E-state index in [1.54, 1.807) is 6.20 Å². The Kier molecular flexibility index (Phi) is 5.71. The molecule has 2 aliphatic rings. The minimum Gasteiger partial charge on any atom is -0.444 e. The van der Waals surface area contributed by atoms with E-state index >= 15 is 0 Å². The van der Waals surface area contributed by atoms with E-state index in [1.165, 1.54) is 6.39 Å². The summed E-state index contributed by atoms with van der Waals surface area (Å²) in [5, 5.41) is 6.28. The summed E-state index contributed by atoms with van der Waals surface area (Å²) in [4.78, 5) is 30.9. The highest BCUT2D eigenvalue weighted by Gasteiger charge is 2.27. The van der Waals surface area contributed by atoms with E-state index in [1.807, 2.05) is 29.2 Å². The molecular weight excluding hydrogens is 356 g/mol. The van der Waals surface area contributed by atoms with Gasteiger partial charge in [0, 0.05) is 30.8 Å². The number of piperidine rings is 1. The third-order valence-electron chi connectivity index (χ3n) is 5.60. The molecule has 0 bridgehead atoms. The maximum Gasteiger partial charge on any atom is 0.253 e. The molecular formula is C21H26N4O3. The number of nitrogens with zero attached hydrogens (tertiary/aromatic N) is 2. The first-order valence-corrected chi connectivity index (χ1v) is 10.00. The Balaban J connectivity index is 1.32. The van der Waals surface area contributed by atoms with Gasteiger partial charge in [0.15, 0.2) is 12.2 Å². The van der Waals surface area contributed by atoms with Gasteiger partial charge in [-0.25, -0.2) is 4.98 Å². The van der Waals surface area contributed by atoms with E-state index in [0.717, 1.165) is 44.3 Å². The molecule has 1 aromatic carbocycles. The molecule has 3 heterocycles. The summed E-state index contributed by atoms with van der Waals surface area (Å²) in [6.45, 7) is 2.99. The van der Waals surface area contributed by atoms with Crippen LogP contribution < -0.4 is 10.6 Å². The highest BCUT2D eigenvalue weighted by Crippen LogP contribution is 2.22. The van der Waals surface area contributed by atoms with E-state index in [9.17, 15) is 9.59 Å². The number of hydrogen-bond acceptors (Lipinski definition) is 5. The fourth-order valence-electron chi connectivity index (χ4n) is 4.01. The van der Waals surface area contributed by atoms with E-state index in [0.29, 0.717) is 30.3 Å². The maximum absolute atomic E-state index is 12.9. The number of amides is 2. The van der Waals surface area contributed by atoms with Crippen molar-refractivity contribution < 1.29 is 14.0 Å². The molecule has 2 aromatic rings. The van der Waals surface area contributed by atoms with Crippen molar-refractivity contribution in [3.05, 3.63) is 42.4 Å². The van der Waals surface area contributed by atoms with Crippen molar-refractivity contribution in [2.45, 2.75) is 31.7 Å². The SMILES string of the molecule is O=C(NCC1CCCN(C(=O)c2ccc(-c3cnco3)cc2)C1)C1CCCN1. The Bertz CT molecular complexity index is 798. The predicted molar refractivity (Wildman–Crippen MR) is 105 cm³/mol. The van der Waals surface area contributed by atoms with Gasteiger partial charge >= 0.3 is 0 Å². The van der Waals surface area contributed by atoms with Crippen LogP contribution in [0.1, 0.15) is 36.0 Å². The number of carbonyl (C=O) groups excluding carboxylic acids is 2. The number of oxazole rings is 1. The first kappa shape index (κ1) is 18.7. The van der Waals surface area contributed by atoms with Crippen LogP contribution in [0.2, 0.25) is 0 Å². The first-order valence-electron chi connectivity index (χ1n) is 10.00. The van der Waals surface area contributed by atoms with Gasteiger partial charge in [-0.05, 0) is 50.3 Å². The van der Waals surface area contributed by atoms with Gasteiger partial charge in [-0.15, -0.1) is 0 Å². The summed E-state index contributed by atoms with van der Waals surface area (Å²) in [7, 11) is 0. The average molecular weight is 382 g/mol. The Labute approximate surface area is 164 Å².